The number of benzene rings is 3. The Morgan fingerprint density at radius 1 is 0.939 bits per heavy atom. The van der Waals surface area contributed by atoms with E-state index < -0.39 is 10.0 Å². The molecule has 4 aromatic rings. The van der Waals surface area contributed by atoms with Gasteiger partial charge in [0.05, 0.1) is 15.6 Å². The monoisotopic (exact) mass is 477 g/mol. The van der Waals surface area contributed by atoms with Crippen LogP contribution in [0.4, 0.5) is 5.69 Å². The summed E-state index contributed by atoms with van der Waals surface area (Å²) < 4.78 is 27.3. The zero-order valence-corrected chi connectivity index (χ0v) is 19.6. The minimum Gasteiger partial charge on any atom is -0.352 e. The Labute approximate surface area is 197 Å². The summed E-state index contributed by atoms with van der Waals surface area (Å²) in [5.41, 5.74) is 4.04. The second-order valence-corrected chi connectivity index (χ2v) is 10.2. The Morgan fingerprint density at radius 3 is 2.27 bits per heavy atom. The highest BCUT2D eigenvalue weighted by Gasteiger charge is 2.14. The SMILES string of the molecule is Cc1nc(-c2ccc(CCNC(=O)c3ccc(NS(=O)(=O)c4ccccc4)cc3)cc2)cs1. The molecule has 0 radical (unpaired) electrons. The van der Waals surface area contributed by atoms with Crippen LogP contribution in [0.1, 0.15) is 20.9 Å². The zero-order valence-electron chi connectivity index (χ0n) is 18.0. The number of nitrogens with zero attached hydrogens (tertiary/aromatic N) is 1. The summed E-state index contributed by atoms with van der Waals surface area (Å²) in [6.07, 6.45) is 0.705. The standard InChI is InChI=1S/C25H23N3O3S2/c1-18-27-24(17-32-18)20-9-7-19(8-10-20)15-16-26-25(29)21-11-13-22(14-12-21)28-33(30,31)23-5-3-2-4-6-23/h2-14,17,28H,15-16H2,1H3,(H,26,29). The van der Waals surface area contributed by atoms with Gasteiger partial charge in [-0.25, -0.2) is 13.4 Å². The quantitative estimate of drug-likeness (QED) is 0.378. The number of thiazole rings is 1. The molecule has 0 aliphatic carbocycles. The molecule has 8 heteroatoms. The van der Waals surface area contributed by atoms with Crippen LogP contribution in [0.5, 0.6) is 0 Å². The van der Waals surface area contributed by atoms with Crippen LogP contribution in [-0.2, 0) is 16.4 Å². The van der Waals surface area contributed by atoms with Crippen molar-refractivity contribution in [2.45, 2.75) is 18.2 Å². The lowest BCUT2D eigenvalue weighted by molar-refractivity contribution is 0.0954. The maximum Gasteiger partial charge on any atom is 0.261 e. The summed E-state index contributed by atoms with van der Waals surface area (Å²) in [6, 6.07) is 22.7. The Kier molecular flexibility index (Phi) is 6.86. The molecule has 0 atom stereocenters. The number of rotatable bonds is 8. The second-order valence-electron chi connectivity index (χ2n) is 7.45. The number of nitrogens with one attached hydrogen (secondary N) is 2. The van der Waals surface area contributed by atoms with Crippen molar-refractivity contribution in [3.05, 3.63) is 100 Å². The van der Waals surface area contributed by atoms with Gasteiger partial charge in [0.1, 0.15) is 0 Å². The molecular weight excluding hydrogens is 454 g/mol. The molecule has 1 amide bonds. The van der Waals surface area contributed by atoms with E-state index in [-0.39, 0.29) is 10.8 Å². The summed E-state index contributed by atoms with van der Waals surface area (Å²) in [7, 11) is -3.66. The molecule has 2 N–H and O–H groups in total. The van der Waals surface area contributed by atoms with Crippen molar-refractivity contribution < 1.29 is 13.2 Å². The molecule has 0 fully saturated rings. The fraction of sp³-hybridized carbons (Fsp3) is 0.120. The van der Waals surface area contributed by atoms with E-state index in [1.807, 2.05) is 36.6 Å². The predicted octanol–water partition coefficient (Wildman–Crippen LogP) is 4.89. The van der Waals surface area contributed by atoms with Gasteiger partial charge >= 0.3 is 0 Å². The largest absolute Gasteiger partial charge is 0.352 e. The van der Waals surface area contributed by atoms with Crippen molar-refractivity contribution in [3.63, 3.8) is 0 Å². The topological polar surface area (TPSA) is 88.2 Å². The van der Waals surface area contributed by atoms with Crippen LogP contribution in [-0.4, -0.2) is 25.9 Å². The molecule has 0 aliphatic heterocycles. The number of amides is 1. The van der Waals surface area contributed by atoms with Gasteiger partial charge in [0, 0.05) is 28.7 Å². The van der Waals surface area contributed by atoms with Crippen molar-refractivity contribution in [1.82, 2.24) is 10.3 Å². The lowest BCUT2D eigenvalue weighted by atomic mass is 10.1. The molecule has 6 nitrogen and oxygen atoms in total. The van der Waals surface area contributed by atoms with Crippen LogP contribution in [0, 0.1) is 6.92 Å². The second kappa shape index (κ2) is 9.97. The van der Waals surface area contributed by atoms with E-state index >= 15 is 0 Å². The summed E-state index contributed by atoms with van der Waals surface area (Å²) in [5, 5.41) is 5.99. The molecule has 3 aromatic carbocycles. The first-order valence-corrected chi connectivity index (χ1v) is 12.7. The van der Waals surface area contributed by atoms with Gasteiger partial charge in [-0.3, -0.25) is 9.52 Å². The van der Waals surface area contributed by atoms with E-state index in [9.17, 15) is 13.2 Å². The number of hydrogen-bond acceptors (Lipinski definition) is 5. The van der Waals surface area contributed by atoms with Gasteiger partial charge in [0.2, 0.25) is 0 Å². The summed E-state index contributed by atoms with van der Waals surface area (Å²) in [5.74, 6) is -0.206. The highest BCUT2D eigenvalue weighted by molar-refractivity contribution is 7.92. The lowest BCUT2D eigenvalue weighted by Crippen LogP contribution is -2.25. The Balaban J connectivity index is 1.29. The molecule has 0 spiro atoms. The Morgan fingerprint density at radius 2 is 1.64 bits per heavy atom. The fourth-order valence-corrected chi connectivity index (χ4v) is 4.97. The average molecular weight is 478 g/mol. The summed E-state index contributed by atoms with van der Waals surface area (Å²) >= 11 is 1.63. The minimum absolute atomic E-state index is 0.182. The Hall–Kier alpha value is -3.49. The number of hydrogen-bond donors (Lipinski definition) is 2. The number of carbonyl (C=O) groups excluding carboxylic acids is 1. The van der Waals surface area contributed by atoms with Crippen LogP contribution < -0.4 is 10.0 Å². The molecule has 168 valence electrons. The van der Waals surface area contributed by atoms with Gasteiger partial charge in [-0.1, -0.05) is 42.5 Å². The first-order valence-electron chi connectivity index (χ1n) is 10.4. The maximum atomic E-state index is 12.4. The van der Waals surface area contributed by atoms with Gasteiger partial charge in [0.25, 0.3) is 15.9 Å². The van der Waals surface area contributed by atoms with Gasteiger partial charge in [-0.05, 0) is 55.3 Å². The fourth-order valence-electron chi connectivity index (χ4n) is 3.26. The van der Waals surface area contributed by atoms with E-state index in [0.717, 1.165) is 21.8 Å². The van der Waals surface area contributed by atoms with Crippen molar-refractivity contribution in [2.24, 2.45) is 0 Å². The highest BCUT2D eigenvalue weighted by Crippen LogP contribution is 2.22. The molecular formula is C25H23N3O3S2. The van der Waals surface area contributed by atoms with Gasteiger partial charge in [-0.2, -0.15) is 0 Å². The molecule has 4 rings (SSSR count). The molecule has 0 unspecified atom stereocenters. The minimum atomic E-state index is -3.66. The van der Waals surface area contributed by atoms with E-state index in [1.54, 1.807) is 53.8 Å². The number of aromatic nitrogens is 1. The molecule has 33 heavy (non-hydrogen) atoms. The van der Waals surface area contributed by atoms with Crippen molar-refractivity contribution >= 4 is 33.0 Å². The normalized spacial score (nSPS) is 11.2. The molecule has 0 bridgehead atoms. The first-order chi connectivity index (χ1) is 15.9. The Bertz CT molecular complexity index is 1330. The number of aryl methyl sites for hydroxylation is 1. The maximum absolute atomic E-state index is 12.4. The van der Waals surface area contributed by atoms with Crippen molar-refractivity contribution in [2.75, 3.05) is 11.3 Å². The van der Waals surface area contributed by atoms with Gasteiger partial charge in [-0.15, -0.1) is 11.3 Å². The zero-order chi connectivity index (χ0) is 23.3. The molecule has 1 aromatic heterocycles. The van der Waals surface area contributed by atoms with Crippen LogP contribution in [0.15, 0.2) is 89.1 Å². The summed E-state index contributed by atoms with van der Waals surface area (Å²) in [4.78, 5) is 17.1. The highest BCUT2D eigenvalue weighted by atomic mass is 32.2. The molecule has 0 saturated heterocycles. The van der Waals surface area contributed by atoms with E-state index in [4.69, 9.17) is 0 Å². The van der Waals surface area contributed by atoms with Crippen LogP contribution in [0.25, 0.3) is 11.3 Å². The van der Waals surface area contributed by atoms with Crippen LogP contribution in [0.3, 0.4) is 0 Å². The van der Waals surface area contributed by atoms with E-state index in [0.29, 0.717) is 24.2 Å². The van der Waals surface area contributed by atoms with Gasteiger partial charge < -0.3 is 5.32 Å². The third kappa shape index (κ3) is 5.85. The third-order valence-electron chi connectivity index (χ3n) is 5.02. The van der Waals surface area contributed by atoms with Crippen molar-refractivity contribution in [3.8, 4) is 11.3 Å². The van der Waals surface area contributed by atoms with Crippen LogP contribution >= 0.6 is 11.3 Å². The third-order valence-corrected chi connectivity index (χ3v) is 7.19. The number of carbonyl (C=O) groups is 1. The number of anilines is 1. The van der Waals surface area contributed by atoms with Crippen molar-refractivity contribution in [1.29, 1.82) is 0 Å². The van der Waals surface area contributed by atoms with E-state index in [1.165, 1.54) is 12.1 Å². The first kappa shape index (κ1) is 22.7. The molecule has 1 heterocycles. The lowest BCUT2D eigenvalue weighted by Gasteiger charge is -2.09. The average Bonchev–Trinajstić information content (AvgIpc) is 3.26. The van der Waals surface area contributed by atoms with Gasteiger partial charge in [0.15, 0.2) is 0 Å². The smallest absolute Gasteiger partial charge is 0.261 e. The number of sulfonamides is 1. The van der Waals surface area contributed by atoms with Crippen LogP contribution in [0.2, 0.25) is 0 Å². The summed E-state index contributed by atoms with van der Waals surface area (Å²) in [6.45, 7) is 2.48. The molecule has 0 aliphatic rings. The molecule has 0 saturated carbocycles. The predicted molar refractivity (Wildman–Crippen MR) is 132 cm³/mol. The van der Waals surface area contributed by atoms with E-state index in [2.05, 4.69) is 15.0 Å².